The fraction of sp³-hybridized carbons (Fsp3) is 0.227. The van der Waals surface area contributed by atoms with Crippen LogP contribution in [0.5, 0.6) is 23.0 Å². The minimum absolute atomic E-state index is 0.191. The van der Waals surface area contributed by atoms with Crippen LogP contribution in [0, 0.1) is 0 Å². The third-order valence-corrected chi connectivity index (χ3v) is 4.75. The molecule has 0 fully saturated rings. The summed E-state index contributed by atoms with van der Waals surface area (Å²) < 4.78 is 28.8. The molecule has 0 unspecified atom stereocenters. The van der Waals surface area contributed by atoms with Gasteiger partial charge >= 0.3 is 5.97 Å². The zero-order valence-electron chi connectivity index (χ0n) is 16.4. The highest BCUT2D eigenvalue weighted by atomic mass is 16.7. The number of aromatic nitrogens is 1. The van der Waals surface area contributed by atoms with Crippen LogP contribution in [0.4, 0.5) is 0 Å². The zero-order valence-corrected chi connectivity index (χ0v) is 16.4. The SMILES string of the molecule is COC(=O)c1c(COc2ccc(OC)cc2)cn(C)c1-c1ccc2c(c1)OCO2. The largest absolute Gasteiger partial charge is 0.497 e. The molecule has 0 radical (unpaired) electrons. The Hall–Kier alpha value is -3.61. The molecule has 0 amide bonds. The molecule has 0 spiro atoms. The second-order valence-electron chi connectivity index (χ2n) is 6.51. The highest BCUT2D eigenvalue weighted by molar-refractivity contribution is 5.98. The van der Waals surface area contributed by atoms with Crippen molar-refractivity contribution in [2.45, 2.75) is 6.61 Å². The molecule has 1 aliphatic heterocycles. The van der Waals surface area contributed by atoms with Crippen molar-refractivity contribution < 1.29 is 28.5 Å². The first kappa shape index (κ1) is 18.7. The van der Waals surface area contributed by atoms with E-state index in [0.717, 1.165) is 22.6 Å². The topological polar surface area (TPSA) is 68.2 Å². The van der Waals surface area contributed by atoms with Crippen LogP contribution in [0.3, 0.4) is 0 Å². The second kappa shape index (κ2) is 7.79. The fourth-order valence-corrected chi connectivity index (χ4v) is 3.36. The minimum Gasteiger partial charge on any atom is -0.497 e. The molecule has 150 valence electrons. The van der Waals surface area contributed by atoms with E-state index in [4.69, 9.17) is 23.7 Å². The maximum absolute atomic E-state index is 12.6. The lowest BCUT2D eigenvalue weighted by Crippen LogP contribution is -2.07. The van der Waals surface area contributed by atoms with E-state index >= 15 is 0 Å². The average Bonchev–Trinajstić information content (AvgIpc) is 3.35. The van der Waals surface area contributed by atoms with Crippen molar-refractivity contribution in [2.24, 2.45) is 7.05 Å². The predicted molar refractivity (Wildman–Crippen MR) is 106 cm³/mol. The molecule has 0 bridgehead atoms. The molecule has 2 heterocycles. The van der Waals surface area contributed by atoms with E-state index in [1.807, 2.05) is 60.3 Å². The van der Waals surface area contributed by atoms with Gasteiger partial charge in [0.05, 0.1) is 25.5 Å². The van der Waals surface area contributed by atoms with E-state index in [9.17, 15) is 4.79 Å². The van der Waals surface area contributed by atoms with Gasteiger partial charge < -0.3 is 28.3 Å². The van der Waals surface area contributed by atoms with Gasteiger partial charge in [-0.25, -0.2) is 4.79 Å². The number of benzene rings is 2. The molecule has 4 rings (SSSR count). The van der Waals surface area contributed by atoms with Gasteiger partial charge in [-0.2, -0.15) is 0 Å². The Morgan fingerprint density at radius 1 is 1.03 bits per heavy atom. The molecule has 1 aliphatic rings. The number of ether oxygens (including phenoxy) is 5. The lowest BCUT2D eigenvalue weighted by molar-refractivity contribution is 0.0599. The lowest BCUT2D eigenvalue weighted by atomic mass is 10.0. The maximum Gasteiger partial charge on any atom is 0.340 e. The van der Waals surface area contributed by atoms with Crippen LogP contribution in [0.2, 0.25) is 0 Å². The van der Waals surface area contributed by atoms with Crippen LogP contribution >= 0.6 is 0 Å². The molecule has 0 N–H and O–H groups in total. The molecule has 29 heavy (non-hydrogen) atoms. The van der Waals surface area contributed by atoms with Crippen LogP contribution in [-0.4, -0.2) is 31.5 Å². The van der Waals surface area contributed by atoms with Gasteiger partial charge in [-0.15, -0.1) is 0 Å². The number of hydrogen-bond acceptors (Lipinski definition) is 6. The zero-order chi connectivity index (χ0) is 20.4. The quantitative estimate of drug-likeness (QED) is 0.592. The molecular weight excluding hydrogens is 374 g/mol. The van der Waals surface area contributed by atoms with Crippen molar-refractivity contribution in [3.8, 4) is 34.3 Å². The highest BCUT2D eigenvalue weighted by Crippen LogP contribution is 2.38. The summed E-state index contributed by atoms with van der Waals surface area (Å²) in [5.74, 6) is 2.33. The summed E-state index contributed by atoms with van der Waals surface area (Å²) in [7, 11) is 4.86. The molecule has 7 heteroatoms. The Morgan fingerprint density at radius 2 is 1.76 bits per heavy atom. The van der Waals surface area contributed by atoms with Crippen LogP contribution in [0.25, 0.3) is 11.3 Å². The van der Waals surface area contributed by atoms with Crippen molar-refractivity contribution in [3.05, 3.63) is 59.8 Å². The lowest BCUT2D eigenvalue weighted by Gasteiger charge is -2.10. The highest BCUT2D eigenvalue weighted by Gasteiger charge is 2.25. The standard InChI is InChI=1S/C22H21NO6/c1-23-11-15(12-27-17-7-5-16(25-2)6-8-17)20(22(24)26-3)21(23)14-4-9-18-19(10-14)29-13-28-18/h4-11H,12-13H2,1-3H3. The number of aryl methyl sites for hydroxylation is 1. The third kappa shape index (κ3) is 3.59. The first-order valence-electron chi connectivity index (χ1n) is 9.04. The number of carbonyl (C=O) groups excluding carboxylic acids is 1. The molecule has 0 saturated carbocycles. The van der Waals surface area contributed by atoms with E-state index in [-0.39, 0.29) is 13.4 Å². The molecule has 1 aromatic heterocycles. The third-order valence-electron chi connectivity index (χ3n) is 4.75. The van der Waals surface area contributed by atoms with Gasteiger partial charge in [0.1, 0.15) is 18.1 Å². The number of esters is 1. The first-order chi connectivity index (χ1) is 14.1. The second-order valence-corrected chi connectivity index (χ2v) is 6.51. The van der Waals surface area contributed by atoms with Crippen LogP contribution in [0.15, 0.2) is 48.7 Å². The van der Waals surface area contributed by atoms with Crippen molar-refractivity contribution in [1.29, 1.82) is 0 Å². The van der Waals surface area contributed by atoms with Gasteiger partial charge in [0.15, 0.2) is 11.5 Å². The summed E-state index contributed by atoms with van der Waals surface area (Å²) in [6.07, 6.45) is 1.87. The molecule has 0 saturated heterocycles. The normalized spacial score (nSPS) is 12.0. The van der Waals surface area contributed by atoms with Gasteiger partial charge in [0.25, 0.3) is 0 Å². The van der Waals surface area contributed by atoms with Crippen LogP contribution in [-0.2, 0) is 18.4 Å². The molecule has 0 aliphatic carbocycles. The van der Waals surface area contributed by atoms with Gasteiger partial charge in [0, 0.05) is 24.4 Å². The van der Waals surface area contributed by atoms with E-state index in [1.165, 1.54) is 7.11 Å². The van der Waals surface area contributed by atoms with Crippen molar-refractivity contribution in [3.63, 3.8) is 0 Å². The Labute approximate surface area is 168 Å². The first-order valence-corrected chi connectivity index (χ1v) is 9.04. The number of fused-ring (bicyclic) bond motifs is 1. The smallest absolute Gasteiger partial charge is 0.340 e. The Kier molecular flexibility index (Phi) is 5.03. The fourth-order valence-electron chi connectivity index (χ4n) is 3.36. The summed E-state index contributed by atoms with van der Waals surface area (Å²) in [5, 5.41) is 0. The summed E-state index contributed by atoms with van der Waals surface area (Å²) in [4.78, 5) is 12.6. The Morgan fingerprint density at radius 3 is 2.48 bits per heavy atom. The van der Waals surface area contributed by atoms with E-state index in [1.54, 1.807) is 7.11 Å². The number of methoxy groups -OCH3 is 2. The van der Waals surface area contributed by atoms with Gasteiger partial charge in [-0.1, -0.05) is 0 Å². The number of nitrogens with zero attached hydrogens (tertiary/aromatic N) is 1. The molecule has 3 aromatic rings. The van der Waals surface area contributed by atoms with E-state index < -0.39 is 5.97 Å². The van der Waals surface area contributed by atoms with E-state index in [2.05, 4.69) is 0 Å². The van der Waals surface area contributed by atoms with Crippen molar-refractivity contribution >= 4 is 5.97 Å². The van der Waals surface area contributed by atoms with Gasteiger partial charge in [0.2, 0.25) is 6.79 Å². The van der Waals surface area contributed by atoms with Crippen LogP contribution < -0.4 is 18.9 Å². The summed E-state index contributed by atoms with van der Waals surface area (Å²) in [6.45, 7) is 0.409. The summed E-state index contributed by atoms with van der Waals surface area (Å²) >= 11 is 0. The Bertz CT molecular complexity index is 1040. The van der Waals surface area contributed by atoms with Gasteiger partial charge in [-0.05, 0) is 42.5 Å². The Balaban J connectivity index is 1.67. The summed E-state index contributed by atoms with van der Waals surface area (Å²) in [6, 6.07) is 12.9. The summed E-state index contributed by atoms with van der Waals surface area (Å²) in [5.41, 5.74) is 2.74. The van der Waals surface area contributed by atoms with Crippen molar-refractivity contribution in [2.75, 3.05) is 21.0 Å². The van der Waals surface area contributed by atoms with Crippen LogP contribution in [0.1, 0.15) is 15.9 Å². The molecular formula is C22H21NO6. The van der Waals surface area contributed by atoms with Gasteiger partial charge in [-0.3, -0.25) is 0 Å². The number of carbonyl (C=O) groups is 1. The van der Waals surface area contributed by atoms with E-state index in [0.29, 0.717) is 22.8 Å². The predicted octanol–water partition coefficient (Wildman–Crippen LogP) is 3.80. The van der Waals surface area contributed by atoms with Crippen molar-refractivity contribution in [1.82, 2.24) is 4.57 Å². The number of hydrogen-bond donors (Lipinski definition) is 0. The monoisotopic (exact) mass is 395 g/mol. The number of rotatable bonds is 6. The molecule has 7 nitrogen and oxygen atoms in total. The average molecular weight is 395 g/mol. The molecule has 0 atom stereocenters. The minimum atomic E-state index is -0.424. The molecule has 2 aromatic carbocycles. The maximum atomic E-state index is 12.6.